The first-order valence-corrected chi connectivity index (χ1v) is 13.2. The molecule has 2 atom stereocenters. The molecule has 1 saturated heterocycles. The van der Waals surface area contributed by atoms with Gasteiger partial charge in [0.15, 0.2) is 19.7 Å². The Balaban J connectivity index is 2.44. The summed E-state index contributed by atoms with van der Waals surface area (Å²) in [5, 5.41) is -0.615. The predicted molar refractivity (Wildman–Crippen MR) is 109 cm³/mol. The lowest BCUT2D eigenvalue weighted by Gasteiger charge is -2.44. The van der Waals surface area contributed by atoms with Crippen molar-refractivity contribution in [2.24, 2.45) is 0 Å². The summed E-state index contributed by atoms with van der Waals surface area (Å²) in [5.41, 5.74) is 0. The third-order valence-electron chi connectivity index (χ3n) is 5.36. The van der Waals surface area contributed by atoms with Gasteiger partial charge in [0.2, 0.25) is 0 Å². The van der Waals surface area contributed by atoms with Gasteiger partial charge in [-0.3, -0.25) is 4.90 Å². The fraction of sp³-hybridized carbons (Fsp3) is 1.00. The minimum Gasteiger partial charge on any atom is -0.300 e. The van der Waals surface area contributed by atoms with E-state index >= 15 is 0 Å². The van der Waals surface area contributed by atoms with Crippen LogP contribution in [0.5, 0.6) is 0 Å². The van der Waals surface area contributed by atoms with Crippen molar-refractivity contribution in [3.8, 4) is 0 Å². The Bertz CT molecular complexity index is 618. The van der Waals surface area contributed by atoms with Crippen molar-refractivity contribution in [3.63, 3.8) is 0 Å². The summed E-state index contributed by atoms with van der Waals surface area (Å²) >= 11 is 0. The second-order valence-electron chi connectivity index (χ2n) is 8.23. The van der Waals surface area contributed by atoms with Gasteiger partial charge < -0.3 is 4.90 Å². The maximum Gasteiger partial charge on any atom is 0.152 e. The van der Waals surface area contributed by atoms with E-state index in [-0.39, 0.29) is 22.0 Å². The molecule has 6 nitrogen and oxygen atoms in total. The van der Waals surface area contributed by atoms with Crippen LogP contribution in [0.4, 0.5) is 0 Å². The monoisotopic (exact) mass is 410 g/mol. The first kappa shape index (κ1) is 23.9. The molecule has 0 aliphatic carbocycles. The van der Waals surface area contributed by atoms with Crippen molar-refractivity contribution in [1.29, 1.82) is 0 Å². The number of piperazine rings is 1. The molecule has 156 valence electrons. The van der Waals surface area contributed by atoms with Crippen LogP contribution in [0.1, 0.15) is 54.4 Å². The van der Waals surface area contributed by atoms with Gasteiger partial charge in [-0.1, -0.05) is 0 Å². The SMILES string of the molecule is CC1CN(CCCS(=O)(=O)C(C)C)CC(C)N1CCCS(=O)(=O)C(C)C. The Morgan fingerprint density at radius 2 is 1.15 bits per heavy atom. The molecule has 0 aromatic carbocycles. The molecular formula is C18H38N2O4S2. The van der Waals surface area contributed by atoms with Gasteiger partial charge >= 0.3 is 0 Å². The van der Waals surface area contributed by atoms with E-state index in [0.717, 1.165) is 26.2 Å². The molecule has 0 amide bonds. The van der Waals surface area contributed by atoms with E-state index in [1.54, 1.807) is 27.7 Å². The van der Waals surface area contributed by atoms with E-state index < -0.39 is 19.7 Å². The summed E-state index contributed by atoms with van der Waals surface area (Å²) in [6.45, 7) is 14.7. The molecule has 1 rings (SSSR count). The van der Waals surface area contributed by atoms with Gasteiger partial charge in [-0.15, -0.1) is 0 Å². The lowest BCUT2D eigenvalue weighted by Crippen LogP contribution is -2.57. The Labute approximate surface area is 161 Å². The average Bonchev–Trinajstić information content (AvgIpc) is 2.49. The fourth-order valence-electron chi connectivity index (χ4n) is 3.50. The van der Waals surface area contributed by atoms with Gasteiger partial charge in [-0.05, 0) is 67.5 Å². The Morgan fingerprint density at radius 1 is 0.769 bits per heavy atom. The molecule has 0 saturated carbocycles. The third kappa shape index (κ3) is 7.09. The van der Waals surface area contributed by atoms with Gasteiger partial charge in [0.1, 0.15) is 0 Å². The first-order chi connectivity index (χ1) is 11.9. The van der Waals surface area contributed by atoms with Crippen LogP contribution in [0.2, 0.25) is 0 Å². The number of sulfone groups is 2. The average molecular weight is 411 g/mol. The molecule has 0 aromatic heterocycles. The summed E-state index contributed by atoms with van der Waals surface area (Å²) in [6.07, 6.45) is 1.34. The minimum atomic E-state index is -2.97. The van der Waals surface area contributed by atoms with Crippen LogP contribution in [0.25, 0.3) is 0 Å². The molecule has 0 spiro atoms. The number of rotatable bonds is 10. The van der Waals surface area contributed by atoms with E-state index in [1.165, 1.54) is 0 Å². The number of hydrogen-bond acceptors (Lipinski definition) is 6. The highest BCUT2D eigenvalue weighted by atomic mass is 32.2. The molecule has 1 aliphatic heterocycles. The van der Waals surface area contributed by atoms with Crippen molar-refractivity contribution in [1.82, 2.24) is 9.80 Å². The summed E-state index contributed by atoms with van der Waals surface area (Å²) in [5.74, 6) is 0.498. The molecule has 1 fully saturated rings. The van der Waals surface area contributed by atoms with Crippen LogP contribution in [-0.4, -0.2) is 86.9 Å². The van der Waals surface area contributed by atoms with Crippen molar-refractivity contribution in [2.45, 2.75) is 77.0 Å². The summed E-state index contributed by atoms with van der Waals surface area (Å²) in [4.78, 5) is 4.73. The van der Waals surface area contributed by atoms with Crippen LogP contribution < -0.4 is 0 Å². The lowest BCUT2D eigenvalue weighted by atomic mass is 10.1. The standard InChI is InChI=1S/C18H38N2O4S2/c1-15(2)25(21,22)11-7-9-19-13-17(5)20(18(6)14-19)10-8-12-26(23,24)16(3)4/h15-18H,7-14H2,1-6H3. The Kier molecular flexibility index (Phi) is 9.03. The van der Waals surface area contributed by atoms with E-state index in [4.69, 9.17) is 0 Å². The van der Waals surface area contributed by atoms with Crippen molar-refractivity contribution < 1.29 is 16.8 Å². The van der Waals surface area contributed by atoms with Gasteiger partial charge in [0.05, 0.1) is 22.0 Å². The van der Waals surface area contributed by atoms with Crippen LogP contribution >= 0.6 is 0 Å². The zero-order valence-corrected chi connectivity index (χ0v) is 18.9. The lowest BCUT2D eigenvalue weighted by molar-refractivity contribution is 0.0395. The molecule has 2 unspecified atom stereocenters. The normalized spacial score (nSPS) is 23.8. The zero-order chi connectivity index (χ0) is 20.1. The van der Waals surface area contributed by atoms with E-state index in [1.807, 2.05) is 0 Å². The zero-order valence-electron chi connectivity index (χ0n) is 17.3. The molecule has 0 N–H and O–H groups in total. The van der Waals surface area contributed by atoms with E-state index in [2.05, 4.69) is 23.6 Å². The van der Waals surface area contributed by atoms with Crippen LogP contribution in [0.15, 0.2) is 0 Å². The smallest absolute Gasteiger partial charge is 0.152 e. The summed E-state index contributed by atoms with van der Waals surface area (Å²) in [6, 6.07) is 0.699. The molecular weight excluding hydrogens is 372 g/mol. The van der Waals surface area contributed by atoms with Crippen LogP contribution in [-0.2, 0) is 19.7 Å². The summed E-state index contributed by atoms with van der Waals surface area (Å²) < 4.78 is 47.8. The van der Waals surface area contributed by atoms with E-state index in [0.29, 0.717) is 24.9 Å². The minimum absolute atomic E-state index is 0.247. The largest absolute Gasteiger partial charge is 0.300 e. The fourth-order valence-corrected chi connectivity index (χ4v) is 5.50. The molecule has 0 bridgehead atoms. The van der Waals surface area contributed by atoms with Crippen LogP contribution in [0, 0.1) is 0 Å². The quantitative estimate of drug-likeness (QED) is 0.547. The molecule has 1 aliphatic rings. The van der Waals surface area contributed by atoms with Gasteiger partial charge in [-0.2, -0.15) is 0 Å². The highest BCUT2D eigenvalue weighted by Crippen LogP contribution is 2.17. The molecule has 1 heterocycles. The maximum absolute atomic E-state index is 12.0. The molecule has 8 heteroatoms. The number of nitrogens with zero attached hydrogens (tertiary/aromatic N) is 2. The second-order valence-corrected chi connectivity index (χ2v) is 13.6. The highest BCUT2D eigenvalue weighted by Gasteiger charge is 2.29. The Morgan fingerprint density at radius 3 is 1.54 bits per heavy atom. The summed E-state index contributed by atoms with van der Waals surface area (Å²) in [7, 11) is -5.94. The molecule has 26 heavy (non-hydrogen) atoms. The Hall–Kier alpha value is -0.180. The molecule has 0 aromatic rings. The van der Waals surface area contributed by atoms with E-state index in [9.17, 15) is 16.8 Å². The van der Waals surface area contributed by atoms with Crippen molar-refractivity contribution in [3.05, 3.63) is 0 Å². The maximum atomic E-state index is 12.0. The predicted octanol–water partition coefficient (Wildman–Crippen LogP) is 1.81. The molecule has 0 radical (unpaired) electrons. The second kappa shape index (κ2) is 9.85. The highest BCUT2D eigenvalue weighted by molar-refractivity contribution is 7.92. The first-order valence-electron chi connectivity index (χ1n) is 9.78. The van der Waals surface area contributed by atoms with Gasteiger partial charge in [0.25, 0.3) is 0 Å². The van der Waals surface area contributed by atoms with Crippen LogP contribution in [0.3, 0.4) is 0 Å². The van der Waals surface area contributed by atoms with Crippen molar-refractivity contribution >= 4 is 19.7 Å². The van der Waals surface area contributed by atoms with Gasteiger partial charge in [-0.25, -0.2) is 16.8 Å². The third-order valence-corrected chi connectivity index (χ3v) is 9.95. The topological polar surface area (TPSA) is 74.8 Å². The van der Waals surface area contributed by atoms with Crippen molar-refractivity contribution in [2.75, 3.05) is 37.7 Å². The number of hydrogen-bond donors (Lipinski definition) is 0. The van der Waals surface area contributed by atoms with Gasteiger partial charge in [0, 0.05) is 25.2 Å².